The molecule has 7 fully saturated rings. The van der Waals surface area contributed by atoms with E-state index in [2.05, 4.69) is 17.6 Å². The van der Waals surface area contributed by atoms with Crippen LogP contribution < -0.4 is 10.6 Å². The number of amides is 2. The number of alkyl halides is 1. The molecule has 1 heterocycles. The molecule has 72 heavy (non-hydrogen) atoms. The quantitative estimate of drug-likeness (QED) is 0.0289. The highest BCUT2D eigenvalue weighted by Gasteiger charge is 2.68. The minimum absolute atomic E-state index is 0.201. The average Bonchev–Trinajstić information content (AvgIpc) is 3.32. The summed E-state index contributed by atoms with van der Waals surface area (Å²) in [6.45, 7) is 1.52. The first-order valence-corrected chi connectivity index (χ1v) is 30.5. The molecule has 0 unspecified atom stereocenters. The van der Waals surface area contributed by atoms with Gasteiger partial charge in [-0.3, -0.25) is 4.79 Å². The maximum atomic E-state index is 13.7. The minimum atomic E-state index is -1.66. The van der Waals surface area contributed by atoms with Crippen LogP contribution in [-0.4, -0.2) is 111 Å². The van der Waals surface area contributed by atoms with Gasteiger partial charge >= 0.3 is 6.09 Å². The van der Waals surface area contributed by atoms with Crippen LogP contribution in [0.5, 0.6) is 0 Å². The number of carbonyl (C=O) groups excluding carboxylic acids is 2. The van der Waals surface area contributed by atoms with Crippen LogP contribution in [0, 0.1) is 11.3 Å². The fourth-order valence-electron chi connectivity index (χ4n) is 12.8. The zero-order valence-electron chi connectivity index (χ0n) is 45.5. The number of hydrogen-bond donors (Lipinski definition) is 7. The second-order valence-corrected chi connectivity index (χ2v) is 24.3. The van der Waals surface area contributed by atoms with Gasteiger partial charge in [0.15, 0.2) is 6.29 Å². The molecule has 8 atom stereocenters. The van der Waals surface area contributed by atoms with Gasteiger partial charge in [0, 0.05) is 12.0 Å². The Labute approximate surface area is 436 Å². The molecule has 1 saturated heterocycles. The van der Waals surface area contributed by atoms with Crippen LogP contribution in [0.15, 0.2) is 0 Å². The molecule has 1 aliphatic heterocycles. The average molecular weight is 1020 g/mol. The van der Waals surface area contributed by atoms with E-state index in [-0.39, 0.29) is 31.1 Å². The molecular formula is C59H107FN2O10. The molecule has 4 bridgehead atoms. The molecule has 7 N–H and O–H groups in total. The summed E-state index contributed by atoms with van der Waals surface area (Å²) in [5.41, 5.74) is -0.497. The molecule has 7 aliphatic rings. The summed E-state index contributed by atoms with van der Waals surface area (Å²) in [6.07, 6.45) is 37.4. The Morgan fingerprint density at radius 1 is 0.611 bits per heavy atom. The summed E-state index contributed by atoms with van der Waals surface area (Å²) in [7, 11) is 0. The van der Waals surface area contributed by atoms with Crippen LogP contribution in [0.1, 0.15) is 277 Å². The van der Waals surface area contributed by atoms with E-state index in [0.29, 0.717) is 24.2 Å². The topological polar surface area (TPSA) is 187 Å². The first-order chi connectivity index (χ1) is 34.9. The van der Waals surface area contributed by atoms with Crippen molar-refractivity contribution >= 4 is 12.0 Å². The molecule has 420 valence electrons. The highest BCUT2D eigenvalue weighted by molar-refractivity contribution is 5.76. The molecule has 2 amide bonds. The standard InChI is InChI=1S/C59H107FN2O10/c1-2-3-4-5-6-7-8-20-23-26-29-32-35-48(63)51(65)47(41-70-55-54(68)53(67)52(66)49(72-55)42-71-56(69)62-59-38-46(39-59)40-59)61-50(64)36-33-30-27-24-21-18-16-14-12-10-9-11-13-15-17-19-22-25-28-31-34-37-57-43-58(60,44-57)45-57/h46-49,51-55,63,65-68H,2-45H2,1H3,(H,61,64)(H,62,69)/t46?,47-,48+,49+,51-,52-,53-,54+,55-,57?,58?,59?/m0/s1. The van der Waals surface area contributed by atoms with Gasteiger partial charge in [-0.05, 0) is 69.1 Å². The van der Waals surface area contributed by atoms with Crippen LogP contribution in [-0.2, 0) is 19.0 Å². The van der Waals surface area contributed by atoms with Crippen LogP contribution in [0.3, 0.4) is 0 Å². The van der Waals surface area contributed by atoms with Gasteiger partial charge in [-0.2, -0.15) is 0 Å². The molecule has 0 aromatic carbocycles. The Hall–Kier alpha value is -1.61. The smallest absolute Gasteiger partial charge is 0.407 e. The molecule has 0 radical (unpaired) electrons. The van der Waals surface area contributed by atoms with E-state index >= 15 is 0 Å². The lowest BCUT2D eigenvalue weighted by atomic mass is 9.41. The molecule has 0 spiro atoms. The normalized spacial score (nSPS) is 29.3. The summed E-state index contributed by atoms with van der Waals surface area (Å²) in [5.74, 6) is 0.393. The second-order valence-electron chi connectivity index (χ2n) is 24.3. The van der Waals surface area contributed by atoms with E-state index < -0.39 is 60.7 Å². The van der Waals surface area contributed by atoms with Gasteiger partial charge in [-0.25, -0.2) is 9.18 Å². The van der Waals surface area contributed by atoms with Crippen LogP contribution in [0.4, 0.5) is 9.18 Å². The fourth-order valence-corrected chi connectivity index (χ4v) is 12.8. The third-order valence-electron chi connectivity index (χ3n) is 17.6. The number of unbranched alkanes of at least 4 members (excludes halogenated alkanes) is 31. The van der Waals surface area contributed by atoms with Gasteiger partial charge in [0.1, 0.15) is 42.8 Å². The lowest BCUT2D eigenvalue weighted by Gasteiger charge is -2.66. The van der Waals surface area contributed by atoms with Gasteiger partial charge in [0.2, 0.25) is 5.91 Å². The summed E-state index contributed by atoms with van der Waals surface area (Å²) >= 11 is 0. The van der Waals surface area contributed by atoms with Crippen molar-refractivity contribution in [2.45, 2.75) is 337 Å². The molecule has 6 saturated carbocycles. The maximum Gasteiger partial charge on any atom is 0.407 e. The molecule has 7 rings (SSSR count). The van der Waals surface area contributed by atoms with Crippen molar-refractivity contribution in [3.8, 4) is 0 Å². The van der Waals surface area contributed by atoms with Gasteiger partial charge in [0.05, 0.1) is 18.8 Å². The van der Waals surface area contributed by atoms with Crippen LogP contribution >= 0.6 is 0 Å². The summed E-state index contributed by atoms with van der Waals surface area (Å²) in [6, 6.07) is -1.03. The maximum absolute atomic E-state index is 13.7. The molecule has 13 heteroatoms. The highest BCUT2D eigenvalue weighted by Crippen LogP contribution is 2.71. The lowest BCUT2D eigenvalue weighted by Crippen LogP contribution is -2.68. The predicted molar refractivity (Wildman–Crippen MR) is 283 cm³/mol. The third-order valence-corrected chi connectivity index (χ3v) is 17.6. The largest absolute Gasteiger partial charge is 0.447 e. The third kappa shape index (κ3) is 21.8. The van der Waals surface area contributed by atoms with E-state index in [0.717, 1.165) is 83.5 Å². The van der Waals surface area contributed by atoms with E-state index in [4.69, 9.17) is 14.2 Å². The number of rotatable bonds is 46. The molecule has 6 aliphatic carbocycles. The van der Waals surface area contributed by atoms with Crippen molar-refractivity contribution in [3.05, 3.63) is 0 Å². The molecular weight excluding hydrogens is 916 g/mol. The number of ether oxygens (including phenoxy) is 3. The number of carbonyl (C=O) groups is 2. The van der Waals surface area contributed by atoms with Crippen molar-refractivity contribution in [1.82, 2.24) is 10.6 Å². The molecule has 0 aromatic rings. The summed E-state index contributed by atoms with van der Waals surface area (Å²) < 4.78 is 30.7. The second kappa shape index (κ2) is 33.5. The number of alkyl carbamates (subject to hydrolysis) is 1. The molecule has 0 aromatic heterocycles. The van der Waals surface area contributed by atoms with Crippen molar-refractivity contribution in [3.63, 3.8) is 0 Å². The van der Waals surface area contributed by atoms with Gasteiger partial charge in [-0.15, -0.1) is 0 Å². The first-order valence-electron chi connectivity index (χ1n) is 30.5. The Morgan fingerprint density at radius 3 is 1.50 bits per heavy atom. The van der Waals surface area contributed by atoms with E-state index in [1.165, 1.54) is 167 Å². The number of nitrogens with one attached hydrogen (secondary N) is 2. The van der Waals surface area contributed by atoms with E-state index in [1.54, 1.807) is 0 Å². The van der Waals surface area contributed by atoms with E-state index in [9.17, 15) is 39.5 Å². The van der Waals surface area contributed by atoms with Gasteiger partial charge < -0.3 is 50.4 Å². The van der Waals surface area contributed by atoms with Crippen molar-refractivity contribution in [2.24, 2.45) is 11.3 Å². The zero-order chi connectivity index (χ0) is 51.5. The highest BCUT2D eigenvalue weighted by atomic mass is 19.1. The predicted octanol–water partition coefficient (Wildman–Crippen LogP) is 12.3. The zero-order valence-corrected chi connectivity index (χ0v) is 45.5. The summed E-state index contributed by atoms with van der Waals surface area (Å²) in [4.78, 5) is 25.7. The monoisotopic (exact) mass is 1020 g/mol. The van der Waals surface area contributed by atoms with Crippen molar-refractivity contribution < 1.29 is 53.7 Å². The lowest BCUT2D eigenvalue weighted by molar-refractivity contribution is -0.303. The number of halogens is 1. The number of aliphatic hydroxyl groups excluding tert-OH is 5. The number of aliphatic hydroxyl groups is 5. The summed E-state index contributed by atoms with van der Waals surface area (Å²) in [5, 5.41) is 60.4. The Kier molecular flexibility index (Phi) is 28.5. The van der Waals surface area contributed by atoms with Gasteiger partial charge in [-0.1, -0.05) is 212 Å². The first kappa shape index (κ1) is 61.2. The van der Waals surface area contributed by atoms with Gasteiger partial charge in [0.25, 0.3) is 0 Å². The Morgan fingerprint density at radius 2 is 1.06 bits per heavy atom. The fraction of sp³-hybridized carbons (Fsp3) is 0.966. The Balaban J connectivity index is 0.883. The van der Waals surface area contributed by atoms with Crippen LogP contribution in [0.2, 0.25) is 0 Å². The van der Waals surface area contributed by atoms with E-state index in [1.807, 2.05) is 0 Å². The van der Waals surface area contributed by atoms with Crippen molar-refractivity contribution in [1.29, 1.82) is 0 Å². The Bertz CT molecular complexity index is 1440. The molecule has 12 nitrogen and oxygen atoms in total. The van der Waals surface area contributed by atoms with Crippen LogP contribution in [0.25, 0.3) is 0 Å². The van der Waals surface area contributed by atoms with Crippen molar-refractivity contribution in [2.75, 3.05) is 13.2 Å². The SMILES string of the molecule is CCCCCCCCCCCCCC[C@@H](O)[C@@H](O)[C@H](CO[C@H]1O[C@H](COC(=O)NC23CC(C2)C3)[C@H](O)[C@H](O)[C@H]1O)NC(=O)CCCCCCCCCCCCCCCCCCCCCCCC12CC(F)(C1)C2. The number of hydrogen-bond acceptors (Lipinski definition) is 10. The minimum Gasteiger partial charge on any atom is -0.447 e.